The lowest BCUT2D eigenvalue weighted by Crippen LogP contribution is -2.54. The number of ether oxygens (including phenoxy) is 3. The third-order valence-corrected chi connectivity index (χ3v) is 4.96. The van der Waals surface area contributed by atoms with E-state index < -0.39 is 6.04 Å². The molecule has 1 amide bonds. The Hall–Kier alpha value is -3.39. The van der Waals surface area contributed by atoms with Crippen LogP contribution in [0.25, 0.3) is 0 Å². The van der Waals surface area contributed by atoms with Gasteiger partial charge in [-0.3, -0.25) is 14.4 Å². The number of benzene rings is 2. The molecule has 0 bridgehead atoms. The SMILES string of the molecule is COc1cccc(C(=O)N2CC(C)OCC2COc2cccc(O)c2C=O)c1C=O. The molecular weight excluding hydrogens is 390 g/mol. The molecule has 30 heavy (non-hydrogen) atoms. The van der Waals surface area contributed by atoms with Gasteiger partial charge in [0.1, 0.15) is 23.9 Å². The Morgan fingerprint density at radius 1 is 1.17 bits per heavy atom. The van der Waals surface area contributed by atoms with Crippen LogP contribution in [0.1, 0.15) is 38.0 Å². The van der Waals surface area contributed by atoms with Crippen LogP contribution in [0, 0.1) is 0 Å². The van der Waals surface area contributed by atoms with Gasteiger partial charge >= 0.3 is 0 Å². The molecule has 1 fully saturated rings. The molecule has 1 aliphatic rings. The van der Waals surface area contributed by atoms with E-state index in [9.17, 15) is 19.5 Å². The van der Waals surface area contributed by atoms with E-state index in [2.05, 4.69) is 0 Å². The molecule has 0 radical (unpaired) electrons. The Morgan fingerprint density at radius 2 is 1.87 bits per heavy atom. The minimum Gasteiger partial charge on any atom is -0.507 e. The average Bonchev–Trinajstić information content (AvgIpc) is 2.77. The van der Waals surface area contributed by atoms with Gasteiger partial charge in [0.15, 0.2) is 12.6 Å². The fourth-order valence-electron chi connectivity index (χ4n) is 3.38. The number of hydrogen-bond acceptors (Lipinski definition) is 7. The van der Waals surface area contributed by atoms with Crippen molar-refractivity contribution in [3.8, 4) is 17.2 Å². The van der Waals surface area contributed by atoms with Crippen LogP contribution < -0.4 is 9.47 Å². The number of carbonyl (C=O) groups is 3. The monoisotopic (exact) mass is 413 g/mol. The Bertz CT molecular complexity index is 943. The van der Waals surface area contributed by atoms with Gasteiger partial charge in [0.25, 0.3) is 5.91 Å². The summed E-state index contributed by atoms with van der Waals surface area (Å²) in [6.45, 7) is 2.43. The lowest BCUT2D eigenvalue weighted by molar-refractivity contribution is -0.0538. The fraction of sp³-hybridized carbons (Fsp3) is 0.318. The highest BCUT2D eigenvalue weighted by Crippen LogP contribution is 2.27. The van der Waals surface area contributed by atoms with Crippen LogP contribution in [0.3, 0.4) is 0 Å². The molecule has 8 nitrogen and oxygen atoms in total. The van der Waals surface area contributed by atoms with Crippen LogP contribution in [-0.2, 0) is 4.74 Å². The maximum absolute atomic E-state index is 13.3. The van der Waals surface area contributed by atoms with Crippen molar-refractivity contribution >= 4 is 18.5 Å². The first kappa shape index (κ1) is 21.3. The first-order valence-electron chi connectivity index (χ1n) is 9.44. The van der Waals surface area contributed by atoms with E-state index in [4.69, 9.17) is 14.2 Å². The summed E-state index contributed by atoms with van der Waals surface area (Å²) >= 11 is 0. The van der Waals surface area contributed by atoms with E-state index in [0.717, 1.165) is 0 Å². The zero-order valence-corrected chi connectivity index (χ0v) is 16.7. The molecule has 0 aromatic heterocycles. The van der Waals surface area contributed by atoms with E-state index >= 15 is 0 Å². The number of phenols is 1. The van der Waals surface area contributed by atoms with Crippen LogP contribution >= 0.6 is 0 Å². The Balaban J connectivity index is 1.85. The summed E-state index contributed by atoms with van der Waals surface area (Å²) in [6.07, 6.45) is 0.922. The van der Waals surface area contributed by atoms with Gasteiger partial charge in [-0.1, -0.05) is 12.1 Å². The Kier molecular flexibility index (Phi) is 6.68. The molecule has 2 unspecified atom stereocenters. The molecule has 2 atom stereocenters. The second-order valence-corrected chi connectivity index (χ2v) is 6.91. The smallest absolute Gasteiger partial charge is 0.255 e. The molecule has 1 aliphatic heterocycles. The summed E-state index contributed by atoms with van der Waals surface area (Å²) in [5.41, 5.74) is 0.450. The minimum absolute atomic E-state index is 0.0384. The Morgan fingerprint density at radius 3 is 2.57 bits per heavy atom. The molecule has 0 saturated carbocycles. The van der Waals surface area contributed by atoms with Crippen LogP contribution in [0.15, 0.2) is 36.4 Å². The van der Waals surface area contributed by atoms with Gasteiger partial charge in [-0.2, -0.15) is 0 Å². The van der Waals surface area contributed by atoms with E-state index in [-0.39, 0.29) is 53.4 Å². The van der Waals surface area contributed by atoms with Gasteiger partial charge < -0.3 is 24.2 Å². The predicted molar refractivity (Wildman–Crippen MR) is 108 cm³/mol. The number of aromatic hydroxyl groups is 1. The maximum Gasteiger partial charge on any atom is 0.255 e. The number of nitrogens with zero attached hydrogens (tertiary/aromatic N) is 1. The topological polar surface area (TPSA) is 102 Å². The summed E-state index contributed by atoms with van der Waals surface area (Å²) in [5, 5.41) is 9.81. The quantitative estimate of drug-likeness (QED) is 0.695. The third-order valence-electron chi connectivity index (χ3n) is 4.96. The number of methoxy groups -OCH3 is 1. The number of amides is 1. The Labute approximate surface area is 174 Å². The lowest BCUT2D eigenvalue weighted by Gasteiger charge is -2.38. The summed E-state index contributed by atoms with van der Waals surface area (Å²) in [7, 11) is 1.43. The van der Waals surface area contributed by atoms with Crippen molar-refractivity contribution in [3.63, 3.8) is 0 Å². The standard InChI is InChI=1S/C22H23NO7/c1-14-9-23(22(27)16-5-3-7-20(28-2)17(16)10-24)15(12-29-14)13-30-21-8-4-6-19(26)18(21)11-25/h3-8,10-11,14-15,26H,9,12-13H2,1-2H3. The average molecular weight is 413 g/mol. The summed E-state index contributed by atoms with van der Waals surface area (Å²) in [4.78, 5) is 37.7. The zero-order valence-electron chi connectivity index (χ0n) is 16.7. The number of morpholine rings is 1. The molecule has 158 valence electrons. The number of carbonyl (C=O) groups excluding carboxylic acids is 3. The van der Waals surface area contributed by atoms with Gasteiger partial charge in [0.2, 0.25) is 0 Å². The predicted octanol–water partition coefficient (Wildman–Crippen LogP) is 2.33. The summed E-state index contributed by atoms with van der Waals surface area (Å²) < 4.78 is 16.6. The van der Waals surface area contributed by atoms with Crippen molar-refractivity contribution in [2.24, 2.45) is 0 Å². The van der Waals surface area contributed by atoms with E-state index in [1.807, 2.05) is 6.92 Å². The number of aldehydes is 2. The summed E-state index contributed by atoms with van der Waals surface area (Å²) in [6, 6.07) is 8.90. The highest BCUT2D eigenvalue weighted by molar-refractivity contribution is 6.03. The molecule has 2 aromatic rings. The summed E-state index contributed by atoms with van der Waals surface area (Å²) in [5.74, 6) is 0.00792. The molecule has 2 aromatic carbocycles. The van der Waals surface area contributed by atoms with Gasteiger partial charge in [-0.15, -0.1) is 0 Å². The van der Waals surface area contributed by atoms with Crippen molar-refractivity contribution < 1.29 is 33.7 Å². The van der Waals surface area contributed by atoms with E-state index in [1.165, 1.54) is 13.2 Å². The zero-order chi connectivity index (χ0) is 21.7. The lowest BCUT2D eigenvalue weighted by atomic mass is 10.0. The van der Waals surface area contributed by atoms with Gasteiger partial charge in [0.05, 0.1) is 42.6 Å². The molecule has 8 heteroatoms. The molecule has 1 N–H and O–H groups in total. The number of hydrogen-bond donors (Lipinski definition) is 1. The van der Waals surface area contributed by atoms with Gasteiger partial charge in [0, 0.05) is 6.54 Å². The normalized spacial score (nSPS) is 18.5. The van der Waals surface area contributed by atoms with Gasteiger partial charge in [-0.25, -0.2) is 0 Å². The highest BCUT2D eigenvalue weighted by Gasteiger charge is 2.33. The molecule has 1 saturated heterocycles. The second kappa shape index (κ2) is 9.41. The second-order valence-electron chi connectivity index (χ2n) is 6.91. The van der Waals surface area contributed by atoms with Crippen molar-refractivity contribution in [1.29, 1.82) is 0 Å². The van der Waals surface area contributed by atoms with Crippen molar-refractivity contribution in [2.45, 2.75) is 19.1 Å². The van der Waals surface area contributed by atoms with Crippen LogP contribution in [0.2, 0.25) is 0 Å². The molecule has 1 heterocycles. The number of phenolic OH excluding ortho intramolecular Hbond substituents is 1. The highest BCUT2D eigenvalue weighted by atomic mass is 16.5. The van der Waals surface area contributed by atoms with Crippen molar-refractivity contribution in [1.82, 2.24) is 4.90 Å². The van der Waals surface area contributed by atoms with E-state index in [1.54, 1.807) is 35.2 Å². The minimum atomic E-state index is -0.457. The third kappa shape index (κ3) is 4.28. The van der Waals surface area contributed by atoms with E-state index in [0.29, 0.717) is 24.9 Å². The first-order valence-corrected chi connectivity index (χ1v) is 9.44. The fourth-order valence-corrected chi connectivity index (χ4v) is 3.38. The molecule has 3 rings (SSSR count). The number of rotatable bonds is 7. The first-order chi connectivity index (χ1) is 14.5. The molecular formula is C22H23NO7. The largest absolute Gasteiger partial charge is 0.507 e. The molecule has 0 spiro atoms. The van der Waals surface area contributed by atoms with Gasteiger partial charge in [-0.05, 0) is 31.2 Å². The van der Waals surface area contributed by atoms with Crippen LogP contribution in [0.5, 0.6) is 17.2 Å². The maximum atomic E-state index is 13.3. The van der Waals surface area contributed by atoms with Crippen LogP contribution in [-0.4, -0.2) is 67.5 Å². The van der Waals surface area contributed by atoms with Crippen LogP contribution in [0.4, 0.5) is 0 Å². The van der Waals surface area contributed by atoms with Crippen molar-refractivity contribution in [2.75, 3.05) is 26.9 Å². The molecule has 0 aliphatic carbocycles. The van der Waals surface area contributed by atoms with Crippen molar-refractivity contribution in [3.05, 3.63) is 53.1 Å².